The molecule has 0 spiro atoms. The topological polar surface area (TPSA) is 64.3 Å². The second-order valence-electron chi connectivity index (χ2n) is 5.60. The van der Waals surface area contributed by atoms with Gasteiger partial charge in [0.15, 0.2) is 0 Å². The molecule has 0 radical (unpaired) electrons. The summed E-state index contributed by atoms with van der Waals surface area (Å²) in [6, 6.07) is 9.99. The highest BCUT2D eigenvalue weighted by Crippen LogP contribution is 2.27. The van der Waals surface area contributed by atoms with E-state index < -0.39 is 5.41 Å². The van der Waals surface area contributed by atoms with Gasteiger partial charge in [0.1, 0.15) is 0 Å². The summed E-state index contributed by atoms with van der Waals surface area (Å²) in [7, 11) is 0. The van der Waals surface area contributed by atoms with Gasteiger partial charge in [0, 0.05) is 12.1 Å². The van der Waals surface area contributed by atoms with Crippen LogP contribution in [0.15, 0.2) is 30.3 Å². The zero-order valence-corrected chi connectivity index (χ0v) is 11.6. The average molecular weight is 262 g/mol. The Hall–Kier alpha value is -1.39. The van der Waals surface area contributed by atoms with E-state index >= 15 is 0 Å². The van der Waals surface area contributed by atoms with Crippen molar-refractivity contribution in [3.63, 3.8) is 0 Å². The summed E-state index contributed by atoms with van der Waals surface area (Å²) in [4.78, 5) is 12.3. The molecule has 4 heteroatoms. The van der Waals surface area contributed by atoms with Gasteiger partial charge in [-0.2, -0.15) is 0 Å². The molecular weight excluding hydrogens is 240 g/mol. The van der Waals surface area contributed by atoms with Crippen molar-refractivity contribution in [2.75, 3.05) is 13.2 Å². The first-order valence-electron chi connectivity index (χ1n) is 6.70. The van der Waals surface area contributed by atoms with Crippen molar-refractivity contribution in [2.24, 2.45) is 11.1 Å². The van der Waals surface area contributed by atoms with Gasteiger partial charge in [0.2, 0.25) is 5.91 Å². The highest BCUT2D eigenvalue weighted by atomic mass is 16.5. The Morgan fingerprint density at radius 2 is 2.21 bits per heavy atom. The highest BCUT2D eigenvalue weighted by molar-refractivity contribution is 5.83. The fourth-order valence-corrected chi connectivity index (χ4v) is 2.33. The van der Waals surface area contributed by atoms with Gasteiger partial charge in [-0.05, 0) is 25.8 Å². The van der Waals surface area contributed by atoms with E-state index in [9.17, 15) is 4.79 Å². The number of nitrogens with two attached hydrogens (primary N) is 1. The Morgan fingerprint density at radius 1 is 1.53 bits per heavy atom. The normalized spacial score (nSPS) is 28.1. The van der Waals surface area contributed by atoms with E-state index in [1.807, 2.05) is 32.0 Å². The molecule has 1 amide bonds. The minimum absolute atomic E-state index is 0.0130. The molecule has 1 saturated heterocycles. The van der Waals surface area contributed by atoms with Crippen LogP contribution in [0.4, 0.5) is 0 Å². The summed E-state index contributed by atoms with van der Waals surface area (Å²) >= 11 is 0. The molecule has 3 N–H and O–H groups in total. The number of nitrogens with one attached hydrogen (secondary N) is 1. The van der Waals surface area contributed by atoms with Gasteiger partial charge < -0.3 is 15.8 Å². The molecule has 1 fully saturated rings. The van der Waals surface area contributed by atoms with Crippen molar-refractivity contribution < 1.29 is 9.53 Å². The van der Waals surface area contributed by atoms with Gasteiger partial charge >= 0.3 is 0 Å². The number of benzene rings is 1. The van der Waals surface area contributed by atoms with Crippen molar-refractivity contribution in [1.29, 1.82) is 0 Å². The van der Waals surface area contributed by atoms with E-state index in [-0.39, 0.29) is 18.0 Å². The van der Waals surface area contributed by atoms with Gasteiger partial charge in [-0.15, -0.1) is 0 Å². The number of rotatable bonds is 4. The summed E-state index contributed by atoms with van der Waals surface area (Å²) in [6.07, 6.45) is 0.818. The van der Waals surface area contributed by atoms with Crippen LogP contribution < -0.4 is 11.1 Å². The van der Waals surface area contributed by atoms with Crippen molar-refractivity contribution in [2.45, 2.75) is 32.4 Å². The lowest BCUT2D eigenvalue weighted by Crippen LogP contribution is -2.52. The molecule has 3 unspecified atom stereocenters. The molecule has 3 atom stereocenters. The Kier molecular flexibility index (Phi) is 4.22. The lowest BCUT2D eigenvalue weighted by Gasteiger charge is -2.27. The molecule has 1 heterocycles. The molecule has 104 valence electrons. The fraction of sp³-hybridized carbons (Fsp3) is 0.533. The Bertz CT molecular complexity index is 435. The molecule has 0 bridgehead atoms. The smallest absolute Gasteiger partial charge is 0.230 e. The SMILES string of the molecule is CC(Cc1ccccc1)NC(=O)C1(C)COCC1N. The molecule has 1 aliphatic heterocycles. The van der Waals surface area contributed by atoms with Crippen LogP contribution in [0, 0.1) is 5.41 Å². The van der Waals surface area contributed by atoms with Gasteiger partial charge in [-0.25, -0.2) is 0 Å². The van der Waals surface area contributed by atoms with Crippen LogP contribution in [-0.2, 0) is 16.0 Å². The third kappa shape index (κ3) is 3.14. The largest absolute Gasteiger partial charge is 0.379 e. The van der Waals surface area contributed by atoms with E-state index in [0.717, 1.165) is 6.42 Å². The molecular formula is C15H22N2O2. The maximum Gasteiger partial charge on any atom is 0.230 e. The van der Waals surface area contributed by atoms with Crippen LogP contribution in [0.2, 0.25) is 0 Å². The second-order valence-corrected chi connectivity index (χ2v) is 5.60. The number of hydrogen-bond donors (Lipinski definition) is 2. The van der Waals surface area contributed by atoms with Crippen LogP contribution in [0.5, 0.6) is 0 Å². The summed E-state index contributed by atoms with van der Waals surface area (Å²) in [5, 5.41) is 3.04. The Balaban J connectivity index is 1.92. The van der Waals surface area contributed by atoms with Gasteiger partial charge in [-0.3, -0.25) is 4.79 Å². The number of carbonyl (C=O) groups is 1. The van der Waals surface area contributed by atoms with Crippen molar-refractivity contribution in [3.8, 4) is 0 Å². The van der Waals surface area contributed by atoms with E-state index in [0.29, 0.717) is 13.2 Å². The standard InChI is InChI=1S/C15H22N2O2/c1-11(8-12-6-4-3-5-7-12)17-14(18)15(2)10-19-9-13(15)16/h3-7,11,13H,8-10,16H2,1-2H3,(H,17,18). The maximum atomic E-state index is 12.3. The lowest BCUT2D eigenvalue weighted by atomic mass is 9.84. The van der Waals surface area contributed by atoms with E-state index in [4.69, 9.17) is 10.5 Å². The van der Waals surface area contributed by atoms with Crippen LogP contribution in [0.25, 0.3) is 0 Å². The number of amides is 1. The maximum absolute atomic E-state index is 12.3. The summed E-state index contributed by atoms with van der Waals surface area (Å²) in [5.74, 6) is -0.0130. The van der Waals surface area contributed by atoms with Gasteiger partial charge in [-0.1, -0.05) is 30.3 Å². The van der Waals surface area contributed by atoms with E-state index in [2.05, 4.69) is 17.4 Å². The highest BCUT2D eigenvalue weighted by Gasteiger charge is 2.44. The lowest BCUT2D eigenvalue weighted by molar-refractivity contribution is -0.131. The minimum Gasteiger partial charge on any atom is -0.379 e. The van der Waals surface area contributed by atoms with Crippen LogP contribution >= 0.6 is 0 Å². The number of ether oxygens (including phenoxy) is 1. The first-order valence-corrected chi connectivity index (χ1v) is 6.70. The van der Waals surface area contributed by atoms with Gasteiger partial charge in [0.25, 0.3) is 0 Å². The van der Waals surface area contributed by atoms with Crippen LogP contribution in [0.1, 0.15) is 19.4 Å². The first-order chi connectivity index (χ1) is 9.02. The third-order valence-electron chi connectivity index (χ3n) is 3.80. The van der Waals surface area contributed by atoms with Crippen LogP contribution in [-0.4, -0.2) is 31.2 Å². The van der Waals surface area contributed by atoms with Crippen molar-refractivity contribution >= 4 is 5.91 Å². The molecule has 2 rings (SSSR count). The number of carbonyl (C=O) groups excluding carboxylic acids is 1. The summed E-state index contributed by atoms with van der Waals surface area (Å²) in [5.41, 5.74) is 6.57. The van der Waals surface area contributed by atoms with Crippen molar-refractivity contribution in [3.05, 3.63) is 35.9 Å². The monoisotopic (exact) mass is 262 g/mol. The Labute approximate surface area is 114 Å². The minimum atomic E-state index is -0.606. The predicted octanol–water partition coefficient (Wildman–Crippen LogP) is 1.10. The molecule has 0 saturated carbocycles. The quantitative estimate of drug-likeness (QED) is 0.854. The second kappa shape index (κ2) is 5.72. The first kappa shape index (κ1) is 14.0. The average Bonchev–Trinajstić information content (AvgIpc) is 2.72. The molecule has 0 aromatic heterocycles. The zero-order valence-electron chi connectivity index (χ0n) is 11.6. The molecule has 19 heavy (non-hydrogen) atoms. The summed E-state index contributed by atoms with van der Waals surface area (Å²) in [6.45, 7) is 4.74. The molecule has 4 nitrogen and oxygen atoms in total. The van der Waals surface area contributed by atoms with E-state index in [1.165, 1.54) is 5.56 Å². The predicted molar refractivity (Wildman–Crippen MR) is 74.7 cm³/mol. The van der Waals surface area contributed by atoms with Gasteiger partial charge in [0.05, 0.1) is 18.6 Å². The molecule has 0 aliphatic carbocycles. The zero-order chi connectivity index (χ0) is 13.9. The third-order valence-corrected chi connectivity index (χ3v) is 3.80. The van der Waals surface area contributed by atoms with Crippen molar-refractivity contribution in [1.82, 2.24) is 5.32 Å². The molecule has 1 aromatic carbocycles. The molecule has 1 aliphatic rings. The fourth-order valence-electron chi connectivity index (χ4n) is 2.33. The van der Waals surface area contributed by atoms with E-state index in [1.54, 1.807) is 0 Å². The summed E-state index contributed by atoms with van der Waals surface area (Å²) < 4.78 is 5.31. The Morgan fingerprint density at radius 3 is 2.79 bits per heavy atom. The number of hydrogen-bond acceptors (Lipinski definition) is 3. The molecule has 1 aromatic rings. The van der Waals surface area contributed by atoms with Crippen LogP contribution in [0.3, 0.4) is 0 Å².